The van der Waals surface area contributed by atoms with Crippen molar-refractivity contribution < 1.29 is 18.3 Å². The van der Waals surface area contributed by atoms with Crippen molar-refractivity contribution in [2.24, 2.45) is 0 Å². The van der Waals surface area contributed by atoms with Crippen LogP contribution in [0, 0.1) is 0 Å². The Kier molecular flexibility index (Phi) is 7.80. The van der Waals surface area contributed by atoms with E-state index in [0.717, 1.165) is 12.1 Å². The molecule has 0 radical (unpaired) electrons. The van der Waals surface area contributed by atoms with E-state index in [1.165, 1.54) is 0 Å². The van der Waals surface area contributed by atoms with Crippen molar-refractivity contribution in [3.8, 4) is 5.75 Å². The molecule has 0 bridgehead atoms. The summed E-state index contributed by atoms with van der Waals surface area (Å²) in [6.07, 6.45) is -1.83. The van der Waals surface area contributed by atoms with E-state index in [4.69, 9.17) is 21.1 Å². The first kappa shape index (κ1) is 17.1. The van der Waals surface area contributed by atoms with Gasteiger partial charge in [0.15, 0.2) is 0 Å². The zero-order valence-electron chi connectivity index (χ0n) is 11.7. The minimum atomic E-state index is -2.43. The van der Waals surface area contributed by atoms with Crippen molar-refractivity contribution in [2.75, 3.05) is 26.9 Å². The van der Waals surface area contributed by atoms with Gasteiger partial charge in [-0.2, -0.15) is 0 Å². The van der Waals surface area contributed by atoms with E-state index in [2.05, 4.69) is 5.32 Å². The van der Waals surface area contributed by atoms with E-state index >= 15 is 0 Å². The molecule has 0 fully saturated rings. The molecule has 3 nitrogen and oxygen atoms in total. The maximum atomic E-state index is 12.0. The minimum Gasteiger partial charge on any atom is -0.495 e. The van der Waals surface area contributed by atoms with Crippen LogP contribution in [0.15, 0.2) is 18.2 Å². The van der Waals surface area contributed by atoms with E-state index < -0.39 is 13.0 Å². The maximum Gasteiger partial charge on any atom is 0.261 e. The van der Waals surface area contributed by atoms with Gasteiger partial charge in [0, 0.05) is 12.6 Å². The first-order valence-electron chi connectivity index (χ1n) is 6.51. The molecule has 1 aromatic rings. The lowest BCUT2D eigenvalue weighted by Gasteiger charge is -2.19. The Morgan fingerprint density at radius 3 is 2.65 bits per heavy atom. The molecule has 1 rings (SSSR count). The molecular formula is C14H20ClF2NO2. The Morgan fingerprint density at radius 2 is 2.10 bits per heavy atom. The number of hydrogen-bond donors (Lipinski definition) is 1. The minimum absolute atomic E-state index is 0.0149. The van der Waals surface area contributed by atoms with Crippen LogP contribution in [-0.4, -0.2) is 33.3 Å². The Labute approximate surface area is 123 Å². The van der Waals surface area contributed by atoms with Crippen LogP contribution in [0.2, 0.25) is 5.02 Å². The molecule has 0 amide bonds. The van der Waals surface area contributed by atoms with Crippen molar-refractivity contribution in [3.05, 3.63) is 28.8 Å². The van der Waals surface area contributed by atoms with Gasteiger partial charge in [-0.05, 0) is 30.7 Å². The highest BCUT2D eigenvalue weighted by Crippen LogP contribution is 2.28. The summed E-state index contributed by atoms with van der Waals surface area (Å²) in [6, 6.07) is 5.54. The van der Waals surface area contributed by atoms with Crippen molar-refractivity contribution in [1.29, 1.82) is 0 Å². The lowest BCUT2D eigenvalue weighted by molar-refractivity contribution is 0.0144. The van der Waals surface area contributed by atoms with E-state index in [9.17, 15) is 8.78 Å². The third-order valence-electron chi connectivity index (χ3n) is 2.82. The summed E-state index contributed by atoms with van der Waals surface area (Å²) < 4.78 is 34.0. The predicted octanol–water partition coefficient (Wildman–Crippen LogP) is 3.67. The van der Waals surface area contributed by atoms with Gasteiger partial charge in [-0.25, -0.2) is 8.78 Å². The first-order chi connectivity index (χ1) is 9.58. The lowest BCUT2D eigenvalue weighted by atomic mass is 10.0. The van der Waals surface area contributed by atoms with Gasteiger partial charge in [-0.3, -0.25) is 0 Å². The first-order valence-corrected chi connectivity index (χ1v) is 6.89. The van der Waals surface area contributed by atoms with Crippen LogP contribution in [0.3, 0.4) is 0 Å². The van der Waals surface area contributed by atoms with E-state index in [0.29, 0.717) is 17.2 Å². The monoisotopic (exact) mass is 307 g/mol. The molecule has 1 atom stereocenters. The molecule has 0 heterocycles. The predicted molar refractivity (Wildman–Crippen MR) is 75.9 cm³/mol. The summed E-state index contributed by atoms with van der Waals surface area (Å²) in [7, 11) is 1.56. The average molecular weight is 308 g/mol. The molecule has 20 heavy (non-hydrogen) atoms. The normalized spacial score (nSPS) is 12.7. The number of methoxy groups -OCH3 is 1. The molecule has 0 aliphatic carbocycles. The van der Waals surface area contributed by atoms with Gasteiger partial charge < -0.3 is 14.8 Å². The Bertz CT molecular complexity index is 405. The molecule has 1 N–H and O–H groups in total. The third-order valence-corrected chi connectivity index (χ3v) is 3.12. The molecule has 0 aliphatic heterocycles. The second-order valence-corrected chi connectivity index (χ2v) is 4.67. The van der Waals surface area contributed by atoms with Gasteiger partial charge in [0.1, 0.15) is 12.4 Å². The smallest absolute Gasteiger partial charge is 0.261 e. The van der Waals surface area contributed by atoms with Gasteiger partial charge >= 0.3 is 0 Å². The molecule has 0 spiro atoms. The number of hydrogen-bond acceptors (Lipinski definition) is 3. The van der Waals surface area contributed by atoms with Crippen molar-refractivity contribution in [1.82, 2.24) is 5.32 Å². The molecule has 0 aliphatic rings. The number of nitrogens with one attached hydrogen (secondary N) is 1. The van der Waals surface area contributed by atoms with E-state index in [1.54, 1.807) is 13.2 Å². The molecule has 1 unspecified atom stereocenters. The summed E-state index contributed by atoms with van der Waals surface area (Å²) in [5, 5.41) is 3.81. The molecule has 0 aromatic heterocycles. The van der Waals surface area contributed by atoms with Gasteiger partial charge in [0.05, 0.1) is 12.1 Å². The highest BCUT2D eigenvalue weighted by atomic mass is 35.5. The molecule has 1 aromatic carbocycles. The Morgan fingerprint density at radius 1 is 1.35 bits per heavy atom. The number of rotatable bonds is 9. The van der Waals surface area contributed by atoms with Gasteiger partial charge in [0.25, 0.3) is 6.43 Å². The highest BCUT2D eigenvalue weighted by molar-refractivity contribution is 6.32. The van der Waals surface area contributed by atoms with E-state index in [1.807, 2.05) is 19.1 Å². The van der Waals surface area contributed by atoms with Gasteiger partial charge in [-0.1, -0.05) is 24.6 Å². The molecule has 0 saturated heterocycles. The summed E-state index contributed by atoms with van der Waals surface area (Å²) >= 11 is 6.09. The fraction of sp³-hybridized carbons (Fsp3) is 0.571. The number of alkyl halides is 2. The second kappa shape index (κ2) is 9.10. The average Bonchev–Trinajstić information content (AvgIpc) is 2.42. The van der Waals surface area contributed by atoms with Crippen LogP contribution in [0.5, 0.6) is 5.75 Å². The van der Waals surface area contributed by atoms with Gasteiger partial charge in [-0.15, -0.1) is 0 Å². The molecular weight excluding hydrogens is 288 g/mol. The van der Waals surface area contributed by atoms with Crippen LogP contribution in [-0.2, 0) is 4.74 Å². The molecule has 6 heteroatoms. The Hall–Kier alpha value is -0.910. The fourth-order valence-corrected chi connectivity index (χ4v) is 2.17. The van der Waals surface area contributed by atoms with Gasteiger partial charge in [0.2, 0.25) is 0 Å². The fourth-order valence-electron chi connectivity index (χ4n) is 1.91. The standard InChI is InChI=1S/C14H20ClF2NO2/c1-3-18-12(6-7-20-9-14(16)17)10-4-5-13(19-2)11(15)8-10/h4-5,8,12,14,18H,3,6-7,9H2,1-2H3. The highest BCUT2D eigenvalue weighted by Gasteiger charge is 2.13. The largest absolute Gasteiger partial charge is 0.495 e. The van der Waals surface area contributed by atoms with Crippen LogP contribution in [0.1, 0.15) is 24.9 Å². The summed E-state index contributed by atoms with van der Waals surface area (Å²) in [5.41, 5.74) is 0.985. The lowest BCUT2D eigenvalue weighted by Crippen LogP contribution is -2.22. The van der Waals surface area contributed by atoms with Crippen molar-refractivity contribution >= 4 is 11.6 Å². The number of halogens is 3. The topological polar surface area (TPSA) is 30.5 Å². The molecule has 114 valence electrons. The number of benzene rings is 1. The third kappa shape index (κ3) is 5.61. The van der Waals surface area contributed by atoms with Crippen molar-refractivity contribution in [3.63, 3.8) is 0 Å². The van der Waals surface area contributed by atoms with Crippen molar-refractivity contribution in [2.45, 2.75) is 25.8 Å². The van der Waals surface area contributed by atoms with Crippen LogP contribution >= 0.6 is 11.6 Å². The van der Waals surface area contributed by atoms with E-state index in [-0.39, 0.29) is 12.6 Å². The molecule has 0 saturated carbocycles. The number of ether oxygens (including phenoxy) is 2. The van der Waals surface area contributed by atoms with Crippen LogP contribution < -0.4 is 10.1 Å². The zero-order valence-corrected chi connectivity index (χ0v) is 12.4. The second-order valence-electron chi connectivity index (χ2n) is 4.26. The SMILES string of the molecule is CCNC(CCOCC(F)F)c1ccc(OC)c(Cl)c1. The maximum absolute atomic E-state index is 12.0. The van der Waals surface area contributed by atoms with Crippen LogP contribution in [0.25, 0.3) is 0 Å². The summed E-state index contributed by atoms with van der Waals surface area (Å²) in [4.78, 5) is 0. The zero-order chi connectivity index (χ0) is 15.0. The summed E-state index contributed by atoms with van der Waals surface area (Å²) in [5.74, 6) is 0.611. The Balaban J connectivity index is 2.62. The summed E-state index contributed by atoms with van der Waals surface area (Å²) in [6.45, 7) is 2.50. The van der Waals surface area contributed by atoms with Crippen LogP contribution in [0.4, 0.5) is 8.78 Å². The quantitative estimate of drug-likeness (QED) is 0.706.